The Bertz CT molecular complexity index is 678. The summed E-state index contributed by atoms with van der Waals surface area (Å²) < 4.78 is 0. The summed E-state index contributed by atoms with van der Waals surface area (Å²) in [4.78, 5) is 24.9. The number of carbonyl (C=O) groups excluding carboxylic acids is 2. The number of carbonyl (C=O) groups is 2. The zero-order valence-electron chi connectivity index (χ0n) is 17.6. The normalized spacial score (nSPS) is 46.1. The monoisotopic (exact) mass is 372 g/mol. The van der Waals surface area contributed by atoms with Crippen LogP contribution in [0.4, 0.5) is 0 Å². The lowest BCUT2D eigenvalue weighted by Crippen LogP contribution is -2.59. The predicted molar refractivity (Wildman–Crippen MR) is 107 cm³/mol. The van der Waals surface area contributed by atoms with Crippen molar-refractivity contribution >= 4 is 11.8 Å². The van der Waals surface area contributed by atoms with E-state index < -0.39 is 0 Å². The van der Waals surface area contributed by atoms with Crippen LogP contribution >= 0.6 is 0 Å². The highest BCUT2D eigenvalue weighted by molar-refractivity contribution is 5.89. The van der Waals surface area contributed by atoms with E-state index in [9.17, 15) is 9.59 Å². The molecule has 0 aromatic heterocycles. The van der Waals surface area contributed by atoms with Gasteiger partial charge in [-0.2, -0.15) is 0 Å². The average molecular weight is 373 g/mol. The molecule has 3 fully saturated rings. The maximum Gasteiger partial charge on any atom is 0.243 e. The first-order chi connectivity index (χ1) is 12.5. The molecule has 2 amide bonds. The summed E-state index contributed by atoms with van der Waals surface area (Å²) >= 11 is 0. The van der Waals surface area contributed by atoms with E-state index in [1.807, 2.05) is 0 Å². The lowest BCUT2D eigenvalue weighted by atomic mass is 9.48. The molecule has 4 aliphatic rings. The summed E-state index contributed by atoms with van der Waals surface area (Å²) in [6.45, 7) is 11.0. The van der Waals surface area contributed by atoms with Crippen LogP contribution in [0.15, 0.2) is 12.2 Å². The van der Waals surface area contributed by atoms with Gasteiger partial charge < -0.3 is 10.6 Å². The molecule has 4 rings (SSSR count). The van der Waals surface area contributed by atoms with Crippen molar-refractivity contribution in [2.24, 2.45) is 34.5 Å². The Morgan fingerprint density at radius 1 is 1.11 bits per heavy atom. The lowest BCUT2D eigenvalue weighted by molar-refractivity contribution is -0.135. The van der Waals surface area contributed by atoms with E-state index in [0.717, 1.165) is 19.3 Å². The minimum Gasteiger partial charge on any atom is -0.351 e. The molecule has 3 saturated carbocycles. The van der Waals surface area contributed by atoms with Gasteiger partial charge in [0.1, 0.15) is 0 Å². The van der Waals surface area contributed by atoms with Crippen molar-refractivity contribution in [2.45, 2.75) is 84.7 Å². The smallest absolute Gasteiger partial charge is 0.243 e. The zero-order chi connectivity index (χ0) is 19.6. The van der Waals surface area contributed by atoms with Crippen LogP contribution < -0.4 is 10.6 Å². The van der Waals surface area contributed by atoms with Gasteiger partial charge in [0.15, 0.2) is 0 Å². The third kappa shape index (κ3) is 2.94. The Morgan fingerprint density at radius 3 is 2.56 bits per heavy atom. The standard InChI is InChI=1S/C23H36N2O2/c1-21(2,3)25-20(27)17-8-7-15-14-6-9-18-23(5,13-11-19(26)24-18)16(14)10-12-22(15,17)4/h11,13-18H,6-10,12H2,1-5H3,(H,24,26)(H,25,27)/t14?,15?,16?,17?,18-,22+,23-/m1/s1. The zero-order valence-corrected chi connectivity index (χ0v) is 17.6. The largest absolute Gasteiger partial charge is 0.351 e. The quantitative estimate of drug-likeness (QED) is 0.735. The van der Waals surface area contributed by atoms with Crippen LogP contribution in [0.3, 0.4) is 0 Å². The summed E-state index contributed by atoms with van der Waals surface area (Å²) in [5.41, 5.74) is 0.0323. The number of rotatable bonds is 1. The minimum absolute atomic E-state index is 0.0661. The van der Waals surface area contributed by atoms with Crippen LogP contribution in [0.25, 0.3) is 0 Å². The second-order valence-corrected chi connectivity index (χ2v) is 11.1. The van der Waals surface area contributed by atoms with Gasteiger partial charge in [-0.25, -0.2) is 0 Å². The van der Waals surface area contributed by atoms with Gasteiger partial charge in [-0.1, -0.05) is 19.9 Å². The molecule has 1 aliphatic heterocycles. The third-order valence-electron chi connectivity index (χ3n) is 8.50. The molecule has 3 aliphatic carbocycles. The van der Waals surface area contributed by atoms with Crippen molar-refractivity contribution in [3.63, 3.8) is 0 Å². The molecule has 2 N–H and O–H groups in total. The molecule has 4 unspecified atom stereocenters. The topological polar surface area (TPSA) is 58.2 Å². The molecule has 7 atom stereocenters. The first-order valence-corrected chi connectivity index (χ1v) is 10.9. The van der Waals surface area contributed by atoms with E-state index in [2.05, 4.69) is 51.3 Å². The van der Waals surface area contributed by atoms with Gasteiger partial charge in [0.25, 0.3) is 0 Å². The molecule has 0 aromatic rings. The third-order valence-corrected chi connectivity index (χ3v) is 8.50. The molecule has 1 heterocycles. The highest BCUT2D eigenvalue weighted by Crippen LogP contribution is 2.65. The Morgan fingerprint density at radius 2 is 1.85 bits per heavy atom. The molecule has 4 nitrogen and oxygen atoms in total. The van der Waals surface area contributed by atoms with E-state index in [-0.39, 0.29) is 40.1 Å². The molecule has 0 spiro atoms. The highest BCUT2D eigenvalue weighted by Gasteiger charge is 2.60. The van der Waals surface area contributed by atoms with Crippen LogP contribution in [0.5, 0.6) is 0 Å². The predicted octanol–water partition coefficient (Wildman–Crippen LogP) is 3.81. The number of fused-ring (bicyclic) bond motifs is 5. The molecule has 0 radical (unpaired) electrons. The van der Waals surface area contributed by atoms with Crippen molar-refractivity contribution in [3.05, 3.63) is 12.2 Å². The molecule has 150 valence electrons. The maximum absolute atomic E-state index is 13.0. The van der Waals surface area contributed by atoms with E-state index in [4.69, 9.17) is 0 Å². The summed E-state index contributed by atoms with van der Waals surface area (Å²) in [6.07, 6.45) is 10.7. The fourth-order valence-electron chi connectivity index (χ4n) is 7.22. The van der Waals surface area contributed by atoms with Crippen LogP contribution in [0.2, 0.25) is 0 Å². The van der Waals surface area contributed by atoms with Gasteiger partial charge in [0.05, 0.1) is 0 Å². The summed E-state index contributed by atoms with van der Waals surface area (Å²) in [6, 6.07) is 0.280. The van der Waals surface area contributed by atoms with Gasteiger partial charge >= 0.3 is 0 Å². The highest BCUT2D eigenvalue weighted by atomic mass is 16.2. The van der Waals surface area contributed by atoms with Crippen molar-refractivity contribution < 1.29 is 9.59 Å². The molecule has 4 heteroatoms. The average Bonchev–Trinajstić information content (AvgIpc) is 2.91. The van der Waals surface area contributed by atoms with Gasteiger partial charge in [0, 0.05) is 22.9 Å². The molecule has 0 bridgehead atoms. The van der Waals surface area contributed by atoms with Gasteiger partial charge in [0.2, 0.25) is 11.8 Å². The van der Waals surface area contributed by atoms with E-state index in [1.54, 1.807) is 6.08 Å². The number of hydrogen-bond donors (Lipinski definition) is 2. The van der Waals surface area contributed by atoms with Crippen LogP contribution in [0.1, 0.15) is 73.1 Å². The Hall–Kier alpha value is -1.32. The number of nitrogens with one attached hydrogen (secondary N) is 2. The molecule has 0 aromatic carbocycles. The van der Waals surface area contributed by atoms with Gasteiger partial charge in [-0.3, -0.25) is 9.59 Å². The fraction of sp³-hybridized carbons (Fsp3) is 0.826. The van der Waals surface area contributed by atoms with E-state index in [0.29, 0.717) is 17.8 Å². The molecule has 0 saturated heterocycles. The summed E-state index contributed by atoms with van der Waals surface area (Å²) in [5.74, 6) is 2.41. The first kappa shape index (κ1) is 19.0. The Balaban J connectivity index is 1.58. The van der Waals surface area contributed by atoms with E-state index >= 15 is 0 Å². The number of hydrogen-bond acceptors (Lipinski definition) is 2. The Kier molecular flexibility index (Phi) is 4.29. The van der Waals surface area contributed by atoms with Crippen LogP contribution in [-0.4, -0.2) is 23.4 Å². The second-order valence-electron chi connectivity index (χ2n) is 11.1. The fourth-order valence-corrected chi connectivity index (χ4v) is 7.22. The molecular formula is C23H36N2O2. The number of amides is 2. The van der Waals surface area contributed by atoms with Crippen molar-refractivity contribution in [1.29, 1.82) is 0 Å². The second kappa shape index (κ2) is 6.09. The van der Waals surface area contributed by atoms with Crippen molar-refractivity contribution in [2.75, 3.05) is 0 Å². The molecular weight excluding hydrogens is 336 g/mol. The summed E-state index contributed by atoms with van der Waals surface area (Å²) in [5, 5.41) is 6.48. The van der Waals surface area contributed by atoms with E-state index in [1.165, 1.54) is 19.3 Å². The van der Waals surface area contributed by atoms with Crippen LogP contribution in [0, 0.1) is 34.5 Å². The first-order valence-electron chi connectivity index (χ1n) is 10.9. The Labute approximate surface area is 163 Å². The molecule has 27 heavy (non-hydrogen) atoms. The van der Waals surface area contributed by atoms with Crippen LogP contribution in [-0.2, 0) is 9.59 Å². The minimum atomic E-state index is -0.167. The van der Waals surface area contributed by atoms with Crippen molar-refractivity contribution in [3.8, 4) is 0 Å². The summed E-state index contributed by atoms with van der Waals surface area (Å²) in [7, 11) is 0. The maximum atomic E-state index is 13.0. The van der Waals surface area contributed by atoms with Gasteiger partial charge in [-0.05, 0) is 88.5 Å². The van der Waals surface area contributed by atoms with Gasteiger partial charge in [-0.15, -0.1) is 0 Å². The van der Waals surface area contributed by atoms with Crippen molar-refractivity contribution in [1.82, 2.24) is 10.6 Å². The lowest BCUT2D eigenvalue weighted by Gasteiger charge is -2.58. The SMILES string of the molecule is CC(C)(C)NC(=O)C1CCC2C3CC[C@H]4NC(=O)C=C[C@]4(C)C3CC[C@]12C.